The molecule has 1 fully saturated rings. The molecule has 0 aliphatic carbocycles. The SMILES string of the molecule is CN1CCCCC1Cn1cc(NC(=O)c2n[nH]c3ccc(OCc4c(Cl)cncc4Cl)cc23)cn1. The van der Waals surface area contributed by atoms with Crippen molar-refractivity contribution in [3.05, 3.63) is 64.3 Å². The highest BCUT2D eigenvalue weighted by Crippen LogP contribution is 2.27. The lowest BCUT2D eigenvalue weighted by molar-refractivity contribution is 0.102. The number of halogens is 2. The Labute approximate surface area is 212 Å². The third kappa shape index (κ3) is 5.27. The van der Waals surface area contributed by atoms with Gasteiger partial charge in [0.1, 0.15) is 12.4 Å². The Kier molecular flexibility index (Phi) is 6.90. The Bertz CT molecular complexity index is 1330. The molecular weight excluding hydrogens is 489 g/mol. The molecule has 1 atom stereocenters. The number of rotatable bonds is 7. The number of ether oxygens (including phenoxy) is 1. The summed E-state index contributed by atoms with van der Waals surface area (Å²) in [6.45, 7) is 2.07. The summed E-state index contributed by atoms with van der Waals surface area (Å²) >= 11 is 12.4. The highest BCUT2D eigenvalue weighted by Gasteiger charge is 2.20. The zero-order chi connectivity index (χ0) is 24.4. The molecule has 9 nitrogen and oxygen atoms in total. The summed E-state index contributed by atoms with van der Waals surface area (Å²) in [7, 11) is 2.15. The molecule has 0 radical (unpaired) electrons. The summed E-state index contributed by atoms with van der Waals surface area (Å²) in [5.74, 6) is 0.226. The molecule has 4 heterocycles. The van der Waals surface area contributed by atoms with Gasteiger partial charge in [-0.2, -0.15) is 10.2 Å². The van der Waals surface area contributed by atoms with Crippen LogP contribution in [0, 0.1) is 0 Å². The molecule has 1 aliphatic rings. The lowest BCUT2D eigenvalue weighted by atomic mass is 10.0. The zero-order valence-corrected chi connectivity index (χ0v) is 20.7. The summed E-state index contributed by atoms with van der Waals surface area (Å²) in [4.78, 5) is 19.3. The molecule has 0 saturated carbocycles. The first kappa shape index (κ1) is 23.6. The third-order valence-corrected chi connectivity index (χ3v) is 6.95. The Hall–Kier alpha value is -3.14. The fourth-order valence-electron chi connectivity index (χ4n) is 4.30. The Morgan fingerprint density at radius 2 is 2.06 bits per heavy atom. The molecule has 3 aromatic heterocycles. The number of nitrogens with zero attached hydrogens (tertiary/aromatic N) is 5. The van der Waals surface area contributed by atoms with Gasteiger partial charge in [0, 0.05) is 35.6 Å². The number of likely N-dealkylation sites (N-methyl/N-ethyl adjacent to an activating group) is 1. The van der Waals surface area contributed by atoms with Crippen molar-refractivity contribution in [1.29, 1.82) is 0 Å². The van der Waals surface area contributed by atoms with Crippen LogP contribution < -0.4 is 10.1 Å². The van der Waals surface area contributed by atoms with Crippen molar-refractivity contribution < 1.29 is 9.53 Å². The van der Waals surface area contributed by atoms with Gasteiger partial charge in [0.15, 0.2) is 5.69 Å². The molecule has 35 heavy (non-hydrogen) atoms. The lowest BCUT2D eigenvalue weighted by Gasteiger charge is -2.32. The van der Waals surface area contributed by atoms with Crippen LogP contribution in [0.15, 0.2) is 43.0 Å². The number of benzene rings is 1. The molecule has 4 aromatic rings. The van der Waals surface area contributed by atoms with E-state index in [1.807, 2.05) is 16.9 Å². The van der Waals surface area contributed by atoms with Crippen molar-refractivity contribution in [3.8, 4) is 5.75 Å². The minimum absolute atomic E-state index is 0.167. The van der Waals surface area contributed by atoms with E-state index in [0.29, 0.717) is 38.5 Å². The number of carbonyl (C=O) groups excluding carboxylic acids is 1. The molecule has 1 amide bonds. The van der Waals surface area contributed by atoms with E-state index < -0.39 is 0 Å². The maximum absolute atomic E-state index is 13.0. The van der Waals surface area contributed by atoms with Crippen LogP contribution in [0.3, 0.4) is 0 Å². The van der Waals surface area contributed by atoms with Gasteiger partial charge >= 0.3 is 0 Å². The molecule has 0 bridgehead atoms. The van der Waals surface area contributed by atoms with Crippen LogP contribution in [-0.4, -0.2) is 55.4 Å². The minimum Gasteiger partial charge on any atom is -0.489 e. The number of amides is 1. The largest absolute Gasteiger partial charge is 0.489 e. The highest BCUT2D eigenvalue weighted by molar-refractivity contribution is 6.35. The zero-order valence-electron chi connectivity index (χ0n) is 19.2. The summed E-state index contributed by atoms with van der Waals surface area (Å²) in [5.41, 5.74) is 2.26. The number of H-pyrrole nitrogens is 1. The first-order valence-electron chi connectivity index (χ1n) is 11.4. The molecule has 1 saturated heterocycles. The third-order valence-electron chi connectivity index (χ3n) is 6.30. The van der Waals surface area contributed by atoms with Crippen LogP contribution in [0.4, 0.5) is 5.69 Å². The molecule has 11 heteroatoms. The highest BCUT2D eigenvalue weighted by atomic mass is 35.5. The van der Waals surface area contributed by atoms with Crippen molar-refractivity contribution in [2.45, 2.75) is 38.5 Å². The van der Waals surface area contributed by atoms with Gasteiger partial charge in [-0.05, 0) is 44.6 Å². The molecule has 1 unspecified atom stereocenters. The average molecular weight is 514 g/mol. The Morgan fingerprint density at radius 3 is 2.86 bits per heavy atom. The fraction of sp³-hybridized carbons (Fsp3) is 0.333. The van der Waals surface area contributed by atoms with E-state index >= 15 is 0 Å². The van der Waals surface area contributed by atoms with Gasteiger partial charge in [-0.15, -0.1) is 0 Å². The van der Waals surface area contributed by atoms with E-state index in [4.69, 9.17) is 27.9 Å². The van der Waals surface area contributed by atoms with E-state index in [2.05, 4.69) is 37.5 Å². The van der Waals surface area contributed by atoms with Gasteiger partial charge in [0.05, 0.1) is 34.0 Å². The van der Waals surface area contributed by atoms with Crippen molar-refractivity contribution in [3.63, 3.8) is 0 Å². The second kappa shape index (κ2) is 10.2. The molecule has 5 rings (SSSR count). The number of aromatic nitrogens is 5. The molecule has 1 aliphatic heterocycles. The molecule has 1 aromatic carbocycles. The number of nitrogens with one attached hydrogen (secondary N) is 2. The van der Waals surface area contributed by atoms with Gasteiger partial charge in [-0.1, -0.05) is 29.6 Å². The van der Waals surface area contributed by atoms with Crippen LogP contribution >= 0.6 is 23.2 Å². The number of aromatic amines is 1. The number of piperidine rings is 1. The summed E-state index contributed by atoms with van der Waals surface area (Å²) in [5, 5.41) is 15.9. The lowest BCUT2D eigenvalue weighted by Crippen LogP contribution is -2.39. The topological polar surface area (TPSA) is 101 Å². The molecular formula is C24H25Cl2N7O2. The van der Waals surface area contributed by atoms with Crippen LogP contribution in [0.5, 0.6) is 5.75 Å². The quantitative estimate of drug-likeness (QED) is 0.368. The van der Waals surface area contributed by atoms with Crippen LogP contribution in [-0.2, 0) is 13.2 Å². The van der Waals surface area contributed by atoms with Crippen LogP contribution in [0.25, 0.3) is 10.9 Å². The fourth-order valence-corrected chi connectivity index (χ4v) is 4.77. The predicted octanol–water partition coefficient (Wildman–Crippen LogP) is 4.78. The molecule has 2 N–H and O–H groups in total. The molecule has 0 spiro atoms. The van der Waals surface area contributed by atoms with E-state index in [9.17, 15) is 4.79 Å². The van der Waals surface area contributed by atoms with Crippen LogP contribution in [0.2, 0.25) is 10.0 Å². The number of pyridine rings is 1. The van der Waals surface area contributed by atoms with Crippen molar-refractivity contribution >= 4 is 45.7 Å². The van der Waals surface area contributed by atoms with Crippen molar-refractivity contribution in [2.75, 3.05) is 18.9 Å². The van der Waals surface area contributed by atoms with Crippen molar-refractivity contribution in [1.82, 2.24) is 29.9 Å². The first-order valence-corrected chi connectivity index (χ1v) is 12.2. The number of anilines is 1. The predicted molar refractivity (Wildman–Crippen MR) is 135 cm³/mol. The molecule has 182 valence electrons. The maximum Gasteiger partial charge on any atom is 0.276 e. The smallest absolute Gasteiger partial charge is 0.276 e. The first-order chi connectivity index (χ1) is 17.0. The maximum atomic E-state index is 13.0. The van der Waals surface area contributed by atoms with E-state index in [1.165, 1.54) is 25.2 Å². The number of carbonyl (C=O) groups is 1. The normalized spacial score (nSPS) is 16.5. The van der Waals surface area contributed by atoms with Gasteiger partial charge in [0.2, 0.25) is 0 Å². The second-order valence-corrected chi connectivity index (χ2v) is 9.50. The monoisotopic (exact) mass is 513 g/mol. The standard InChI is InChI=1S/C24H25Cl2N7O2/c1-32-7-3-2-4-16(32)13-33-12-15(9-28-33)29-24(34)23-18-8-17(5-6-22(18)30-31-23)35-14-19-20(25)10-27-11-21(19)26/h5-6,8-12,16H,2-4,7,13-14H2,1H3,(H,29,34)(H,30,31). The minimum atomic E-state index is -0.331. The number of likely N-dealkylation sites (tertiary alicyclic amines) is 1. The van der Waals surface area contributed by atoms with Gasteiger partial charge in [0.25, 0.3) is 5.91 Å². The Morgan fingerprint density at radius 1 is 1.23 bits per heavy atom. The number of fused-ring (bicyclic) bond motifs is 1. The van der Waals surface area contributed by atoms with E-state index in [0.717, 1.165) is 25.0 Å². The van der Waals surface area contributed by atoms with E-state index in [1.54, 1.807) is 18.3 Å². The second-order valence-electron chi connectivity index (χ2n) is 8.69. The van der Waals surface area contributed by atoms with Gasteiger partial charge in [-0.3, -0.25) is 19.6 Å². The van der Waals surface area contributed by atoms with Gasteiger partial charge in [-0.25, -0.2) is 0 Å². The summed E-state index contributed by atoms with van der Waals surface area (Å²) < 4.78 is 7.76. The number of hydrogen-bond donors (Lipinski definition) is 2. The number of hydrogen-bond acceptors (Lipinski definition) is 6. The average Bonchev–Trinajstić information content (AvgIpc) is 3.46. The summed E-state index contributed by atoms with van der Waals surface area (Å²) in [6.07, 6.45) is 10.2. The van der Waals surface area contributed by atoms with Gasteiger partial charge < -0.3 is 15.0 Å². The van der Waals surface area contributed by atoms with E-state index in [-0.39, 0.29) is 18.2 Å². The Balaban J connectivity index is 1.27. The summed E-state index contributed by atoms with van der Waals surface area (Å²) in [6, 6.07) is 5.82. The van der Waals surface area contributed by atoms with Crippen molar-refractivity contribution in [2.24, 2.45) is 0 Å². The van der Waals surface area contributed by atoms with Crippen LogP contribution in [0.1, 0.15) is 35.3 Å².